The molecule has 0 unspecified atom stereocenters. The number of amides is 1. The van der Waals surface area contributed by atoms with Crippen molar-refractivity contribution in [2.75, 3.05) is 5.32 Å². The predicted octanol–water partition coefficient (Wildman–Crippen LogP) is 6.04. The first-order valence-electron chi connectivity index (χ1n) is 5.67. The first-order valence-corrected chi connectivity index (χ1v) is 8.61. The molecule has 0 radical (unpaired) electrons. The molecule has 21 heavy (non-hydrogen) atoms. The third-order valence-corrected chi connectivity index (χ3v) is 5.11. The van der Waals surface area contributed by atoms with Crippen molar-refractivity contribution in [3.8, 4) is 0 Å². The number of anilines is 1. The molecule has 0 spiro atoms. The van der Waals surface area contributed by atoms with E-state index in [-0.39, 0.29) is 9.77 Å². The fourth-order valence-corrected chi connectivity index (χ4v) is 4.30. The number of benzene rings is 1. The minimum Gasteiger partial charge on any atom is -0.320 e. The van der Waals surface area contributed by atoms with E-state index in [4.69, 9.17) is 11.6 Å². The molecular formula is C13H9BrClF2NOS2. The van der Waals surface area contributed by atoms with Crippen molar-refractivity contribution in [3.05, 3.63) is 43.5 Å². The van der Waals surface area contributed by atoms with E-state index in [1.807, 2.05) is 6.07 Å². The first kappa shape index (κ1) is 16.7. The summed E-state index contributed by atoms with van der Waals surface area (Å²) in [7, 11) is 0. The molecule has 0 aliphatic heterocycles. The fourth-order valence-electron chi connectivity index (χ4n) is 1.68. The van der Waals surface area contributed by atoms with Crippen molar-refractivity contribution < 1.29 is 13.6 Å². The second kappa shape index (κ2) is 7.09. The zero-order valence-electron chi connectivity index (χ0n) is 10.6. The molecule has 0 aliphatic carbocycles. The van der Waals surface area contributed by atoms with E-state index in [1.165, 1.54) is 6.07 Å². The smallest absolute Gasteiger partial charge is 0.288 e. The van der Waals surface area contributed by atoms with Gasteiger partial charge in [-0.3, -0.25) is 4.79 Å². The summed E-state index contributed by atoms with van der Waals surface area (Å²) in [4.78, 5) is 12.7. The van der Waals surface area contributed by atoms with Crippen LogP contribution in [0.3, 0.4) is 0 Å². The van der Waals surface area contributed by atoms with Gasteiger partial charge in [0.05, 0.1) is 10.7 Å². The van der Waals surface area contributed by atoms with Gasteiger partial charge in [0, 0.05) is 9.37 Å². The number of carbonyl (C=O) groups is 1. The predicted molar refractivity (Wildman–Crippen MR) is 88.0 cm³/mol. The van der Waals surface area contributed by atoms with E-state index in [0.29, 0.717) is 22.5 Å². The fraction of sp³-hybridized carbons (Fsp3) is 0.154. The second-order valence-corrected chi connectivity index (χ2v) is 7.30. The minimum absolute atomic E-state index is 0.249. The topological polar surface area (TPSA) is 29.1 Å². The lowest BCUT2D eigenvalue weighted by atomic mass is 10.2. The maximum Gasteiger partial charge on any atom is 0.288 e. The van der Waals surface area contributed by atoms with Crippen LogP contribution >= 0.6 is 50.6 Å². The van der Waals surface area contributed by atoms with E-state index < -0.39 is 11.7 Å². The summed E-state index contributed by atoms with van der Waals surface area (Å²) in [5.41, 5.74) is 1.26. The number of rotatable bonds is 4. The Bertz CT molecular complexity index is 655. The third kappa shape index (κ3) is 4.18. The summed E-state index contributed by atoms with van der Waals surface area (Å²) in [6.45, 7) is 1.80. The average Bonchev–Trinajstić information content (AvgIpc) is 2.80. The number of alkyl halides is 2. The number of thiophene rings is 1. The Morgan fingerprint density at radius 2 is 2.19 bits per heavy atom. The van der Waals surface area contributed by atoms with Gasteiger partial charge in [0.15, 0.2) is 0 Å². The van der Waals surface area contributed by atoms with Crippen molar-refractivity contribution in [2.24, 2.45) is 0 Å². The van der Waals surface area contributed by atoms with Gasteiger partial charge in [-0.05, 0) is 36.1 Å². The Morgan fingerprint density at radius 3 is 2.81 bits per heavy atom. The summed E-state index contributed by atoms with van der Waals surface area (Å²) < 4.78 is 25.7. The van der Waals surface area contributed by atoms with Gasteiger partial charge in [0.1, 0.15) is 4.88 Å². The van der Waals surface area contributed by atoms with Crippen molar-refractivity contribution >= 4 is 62.2 Å². The van der Waals surface area contributed by atoms with Gasteiger partial charge >= 0.3 is 0 Å². The molecule has 0 atom stereocenters. The summed E-state index contributed by atoms with van der Waals surface area (Å²) >= 11 is 10.9. The molecule has 0 bridgehead atoms. The quantitative estimate of drug-likeness (QED) is 0.620. The molecule has 1 heterocycles. The lowest BCUT2D eigenvalue weighted by Crippen LogP contribution is -2.12. The maximum absolute atomic E-state index is 12.5. The van der Waals surface area contributed by atoms with Crippen LogP contribution in [-0.2, 0) is 0 Å². The molecule has 2 aromatic rings. The van der Waals surface area contributed by atoms with Crippen LogP contribution in [0.2, 0.25) is 5.02 Å². The van der Waals surface area contributed by atoms with Crippen LogP contribution in [-0.4, -0.2) is 11.7 Å². The number of aryl methyl sites for hydroxylation is 1. The summed E-state index contributed by atoms with van der Waals surface area (Å²) in [5.74, 6) is -3.01. The molecule has 1 N–H and O–H groups in total. The van der Waals surface area contributed by atoms with E-state index in [2.05, 4.69) is 21.2 Å². The lowest BCUT2D eigenvalue weighted by Gasteiger charge is -2.11. The van der Waals surface area contributed by atoms with Gasteiger partial charge in [-0.1, -0.05) is 39.3 Å². The van der Waals surface area contributed by atoms with Crippen molar-refractivity contribution in [1.82, 2.24) is 0 Å². The Kier molecular flexibility index (Phi) is 5.65. The highest BCUT2D eigenvalue weighted by atomic mass is 79.9. The summed E-state index contributed by atoms with van der Waals surface area (Å²) in [6, 6.07) is 4.98. The number of thioether (sulfide) groups is 1. The van der Waals surface area contributed by atoms with Gasteiger partial charge in [-0.2, -0.15) is 8.78 Å². The number of halogens is 4. The van der Waals surface area contributed by atoms with Gasteiger partial charge in [-0.15, -0.1) is 11.3 Å². The molecule has 112 valence electrons. The highest BCUT2D eigenvalue weighted by molar-refractivity contribution is 9.10. The van der Waals surface area contributed by atoms with Crippen LogP contribution < -0.4 is 5.32 Å². The van der Waals surface area contributed by atoms with Gasteiger partial charge in [0.2, 0.25) is 0 Å². The second-order valence-electron chi connectivity index (χ2n) is 4.03. The molecule has 8 heteroatoms. The maximum atomic E-state index is 12.5. The summed E-state index contributed by atoms with van der Waals surface area (Å²) in [6.07, 6.45) is 0. The van der Waals surface area contributed by atoms with E-state index in [1.54, 1.807) is 18.4 Å². The molecule has 0 aliphatic rings. The van der Waals surface area contributed by atoms with Crippen LogP contribution in [0, 0.1) is 6.92 Å². The van der Waals surface area contributed by atoms with Crippen LogP contribution in [0.5, 0.6) is 0 Å². The first-order chi connectivity index (χ1) is 9.88. The molecule has 0 saturated heterocycles. The van der Waals surface area contributed by atoms with Gasteiger partial charge in [-0.25, -0.2) is 0 Å². The van der Waals surface area contributed by atoms with Crippen LogP contribution in [0.15, 0.2) is 32.9 Å². The Labute approximate surface area is 142 Å². The summed E-state index contributed by atoms with van der Waals surface area (Å²) in [5, 5.41) is 4.67. The normalized spacial score (nSPS) is 11.0. The molecule has 1 aromatic heterocycles. The van der Waals surface area contributed by atoms with Gasteiger partial charge < -0.3 is 5.32 Å². The van der Waals surface area contributed by atoms with E-state index >= 15 is 0 Å². The van der Waals surface area contributed by atoms with Crippen LogP contribution in [0.25, 0.3) is 0 Å². The van der Waals surface area contributed by atoms with E-state index in [0.717, 1.165) is 21.4 Å². The Balaban J connectivity index is 2.25. The molecule has 0 saturated carbocycles. The molecule has 2 rings (SSSR count). The number of nitrogens with one attached hydrogen (secondary N) is 1. The standard InChI is InChI=1S/C13H9BrClF2NOS2/c1-6-4-7(14)5-8(15)10(6)18-12(19)11-9(2-3-20-11)21-13(16)17/h2-5,13H,1H3,(H,18,19). The Morgan fingerprint density at radius 1 is 1.48 bits per heavy atom. The number of carbonyl (C=O) groups excluding carboxylic acids is 1. The molecule has 1 amide bonds. The SMILES string of the molecule is Cc1cc(Br)cc(Cl)c1NC(=O)c1sccc1SC(F)F. The number of hydrogen-bond donors (Lipinski definition) is 1. The monoisotopic (exact) mass is 411 g/mol. The molecule has 0 fully saturated rings. The third-order valence-electron chi connectivity index (χ3n) is 2.54. The highest BCUT2D eigenvalue weighted by Gasteiger charge is 2.19. The van der Waals surface area contributed by atoms with Crippen molar-refractivity contribution in [3.63, 3.8) is 0 Å². The zero-order chi connectivity index (χ0) is 15.6. The lowest BCUT2D eigenvalue weighted by molar-refractivity contribution is 0.102. The zero-order valence-corrected chi connectivity index (χ0v) is 14.6. The van der Waals surface area contributed by atoms with Crippen molar-refractivity contribution in [1.29, 1.82) is 0 Å². The molecular weight excluding hydrogens is 404 g/mol. The minimum atomic E-state index is -2.57. The van der Waals surface area contributed by atoms with Crippen LogP contribution in [0.4, 0.5) is 14.5 Å². The molecule has 2 nitrogen and oxygen atoms in total. The largest absolute Gasteiger partial charge is 0.320 e. The highest BCUT2D eigenvalue weighted by Crippen LogP contribution is 2.34. The molecule has 1 aromatic carbocycles. The Hall–Kier alpha value is -0.630. The van der Waals surface area contributed by atoms with Crippen molar-refractivity contribution in [2.45, 2.75) is 17.6 Å². The average molecular weight is 413 g/mol. The van der Waals surface area contributed by atoms with Gasteiger partial charge in [0.25, 0.3) is 11.7 Å². The number of hydrogen-bond acceptors (Lipinski definition) is 3. The van der Waals surface area contributed by atoms with Crippen LogP contribution in [0.1, 0.15) is 15.2 Å². The van der Waals surface area contributed by atoms with E-state index in [9.17, 15) is 13.6 Å².